The van der Waals surface area contributed by atoms with Crippen LogP contribution in [0.15, 0.2) is 65.7 Å². The van der Waals surface area contributed by atoms with Crippen molar-refractivity contribution in [3.8, 4) is 0 Å². The largest absolute Gasteiger partial charge is 0.396 e. The molecule has 2 unspecified atom stereocenters. The maximum atomic E-state index is 9.64. The maximum absolute atomic E-state index is 9.64. The van der Waals surface area contributed by atoms with E-state index in [2.05, 4.69) is 46.8 Å². The lowest BCUT2D eigenvalue weighted by molar-refractivity contribution is 0.265. The van der Waals surface area contributed by atoms with Gasteiger partial charge in [0.15, 0.2) is 5.96 Å². The van der Waals surface area contributed by atoms with E-state index in [0.717, 1.165) is 24.5 Å². The molecule has 0 radical (unpaired) electrons. The van der Waals surface area contributed by atoms with Crippen LogP contribution in [0.25, 0.3) is 0 Å². The lowest BCUT2D eigenvalue weighted by Gasteiger charge is -2.19. The second-order valence-corrected chi connectivity index (χ2v) is 6.27. The molecule has 0 aliphatic rings. The van der Waals surface area contributed by atoms with Gasteiger partial charge in [0, 0.05) is 26.1 Å². The number of aliphatic hydroxyl groups is 1. The number of nitrogens with zero attached hydrogens (tertiary/aromatic N) is 1. The first-order chi connectivity index (χ1) is 12.2. The van der Waals surface area contributed by atoms with Gasteiger partial charge in [-0.2, -0.15) is 0 Å². The average Bonchev–Trinajstić information content (AvgIpc) is 2.68. The molecule has 0 saturated carbocycles. The fourth-order valence-corrected chi connectivity index (χ4v) is 2.81. The molecule has 2 atom stereocenters. The molecule has 2 aromatic carbocycles. The summed E-state index contributed by atoms with van der Waals surface area (Å²) < 4.78 is 0. The van der Waals surface area contributed by atoms with Crippen LogP contribution in [0.1, 0.15) is 36.3 Å². The van der Waals surface area contributed by atoms with Crippen LogP contribution in [0.4, 0.5) is 0 Å². The van der Waals surface area contributed by atoms with Crippen LogP contribution in [-0.4, -0.2) is 37.8 Å². The molecule has 5 heteroatoms. The van der Waals surface area contributed by atoms with Gasteiger partial charge < -0.3 is 15.7 Å². The summed E-state index contributed by atoms with van der Waals surface area (Å²) in [6.45, 7) is 3.85. The first-order valence-corrected chi connectivity index (χ1v) is 8.89. The molecule has 2 rings (SSSR count). The Morgan fingerprint density at radius 3 is 2.08 bits per heavy atom. The van der Waals surface area contributed by atoms with Crippen LogP contribution in [-0.2, 0) is 0 Å². The Balaban J connectivity index is 0.00000338. The first kappa shape index (κ1) is 22.4. The highest BCUT2D eigenvalue weighted by Crippen LogP contribution is 2.17. The van der Waals surface area contributed by atoms with Crippen molar-refractivity contribution in [1.29, 1.82) is 0 Å². The van der Waals surface area contributed by atoms with Crippen molar-refractivity contribution in [3.63, 3.8) is 0 Å². The number of hydrogen-bond acceptors (Lipinski definition) is 2. The smallest absolute Gasteiger partial charge is 0.190 e. The van der Waals surface area contributed by atoms with Gasteiger partial charge in [0.25, 0.3) is 0 Å². The predicted molar refractivity (Wildman–Crippen MR) is 121 cm³/mol. The van der Waals surface area contributed by atoms with E-state index in [1.165, 1.54) is 5.56 Å². The average molecular weight is 467 g/mol. The molecule has 0 aliphatic heterocycles. The van der Waals surface area contributed by atoms with Gasteiger partial charge in [-0.15, -0.1) is 24.0 Å². The van der Waals surface area contributed by atoms with Gasteiger partial charge in [-0.25, -0.2) is 0 Å². The third-order valence-corrected chi connectivity index (χ3v) is 4.47. The van der Waals surface area contributed by atoms with E-state index in [4.69, 9.17) is 0 Å². The number of halogens is 1. The predicted octanol–water partition coefficient (Wildman–Crippen LogP) is 3.74. The van der Waals surface area contributed by atoms with E-state index in [1.807, 2.05) is 36.4 Å². The van der Waals surface area contributed by atoms with E-state index in [-0.39, 0.29) is 36.5 Å². The van der Waals surface area contributed by atoms with E-state index < -0.39 is 0 Å². The van der Waals surface area contributed by atoms with Crippen molar-refractivity contribution >= 4 is 29.9 Å². The Hall–Kier alpha value is -1.60. The Morgan fingerprint density at radius 1 is 0.962 bits per heavy atom. The molecule has 0 fully saturated rings. The van der Waals surface area contributed by atoms with Crippen molar-refractivity contribution in [1.82, 2.24) is 10.6 Å². The van der Waals surface area contributed by atoms with Crippen LogP contribution < -0.4 is 10.6 Å². The summed E-state index contributed by atoms with van der Waals surface area (Å²) in [5.74, 6) is 1.33. The molecule has 0 aliphatic carbocycles. The zero-order chi connectivity index (χ0) is 17.9. The van der Waals surface area contributed by atoms with Crippen LogP contribution in [0, 0.1) is 0 Å². The molecule has 0 heterocycles. The third kappa shape index (κ3) is 7.33. The Labute approximate surface area is 174 Å². The molecule has 2 aromatic rings. The number of aliphatic hydroxyl groups excluding tert-OH is 1. The summed E-state index contributed by atoms with van der Waals surface area (Å²) >= 11 is 0. The summed E-state index contributed by atoms with van der Waals surface area (Å²) in [6, 6.07) is 20.6. The van der Waals surface area contributed by atoms with Gasteiger partial charge in [0.1, 0.15) is 0 Å². The normalized spacial score (nSPS) is 13.4. The quantitative estimate of drug-likeness (QED) is 0.315. The SMILES string of the molecule is CN=C(NCCC(C)c1ccccc1)NCC(CO)c1ccccc1.I. The lowest BCUT2D eigenvalue weighted by Crippen LogP contribution is -2.40. The van der Waals surface area contributed by atoms with E-state index in [1.54, 1.807) is 7.05 Å². The molecule has 0 aromatic heterocycles. The highest BCUT2D eigenvalue weighted by Gasteiger charge is 2.11. The molecule has 142 valence electrons. The number of aliphatic imine (C=N–C) groups is 1. The molecule has 3 N–H and O–H groups in total. The highest BCUT2D eigenvalue weighted by molar-refractivity contribution is 14.0. The zero-order valence-electron chi connectivity index (χ0n) is 15.6. The van der Waals surface area contributed by atoms with Gasteiger partial charge >= 0.3 is 0 Å². The topological polar surface area (TPSA) is 56.7 Å². The van der Waals surface area contributed by atoms with E-state index in [9.17, 15) is 5.11 Å². The second kappa shape index (κ2) is 12.7. The van der Waals surface area contributed by atoms with Crippen LogP contribution in [0.3, 0.4) is 0 Å². The van der Waals surface area contributed by atoms with Crippen molar-refractivity contribution in [2.75, 3.05) is 26.7 Å². The van der Waals surface area contributed by atoms with Gasteiger partial charge in [-0.1, -0.05) is 67.6 Å². The van der Waals surface area contributed by atoms with Crippen LogP contribution in [0.2, 0.25) is 0 Å². The van der Waals surface area contributed by atoms with Crippen molar-refractivity contribution in [2.45, 2.75) is 25.2 Å². The molecule has 26 heavy (non-hydrogen) atoms. The molecule has 0 saturated heterocycles. The first-order valence-electron chi connectivity index (χ1n) is 8.89. The number of hydrogen-bond donors (Lipinski definition) is 3. The summed E-state index contributed by atoms with van der Waals surface area (Å²) in [5, 5.41) is 16.3. The highest BCUT2D eigenvalue weighted by atomic mass is 127. The summed E-state index contributed by atoms with van der Waals surface area (Å²) in [6.07, 6.45) is 1.03. The van der Waals surface area contributed by atoms with Crippen LogP contribution >= 0.6 is 24.0 Å². The number of benzene rings is 2. The molecular weight excluding hydrogens is 437 g/mol. The molecule has 0 amide bonds. The van der Waals surface area contributed by atoms with Crippen molar-refractivity contribution in [3.05, 3.63) is 71.8 Å². The Bertz CT molecular complexity index is 634. The summed E-state index contributed by atoms with van der Waals surface area (Å²) in [4.78, 5) is 4.27. The second-order valence-electron chi connectivity index (χ2n) is 6.27. The third-order valence-electron chi connectivity index (χ3n) is 4.47. The van der Waals surface area contributed by atoms with Gasteiger partial charge in [-0.3, -0.25) is 4.99 Å². The summed E-state index contributed by atoms with van der Waals surface area (Å²) in [5.41, 5.74) is 2.49. The monoisotopic (exact) mass is 467 g/mol. The summed E-state index contributed by atoms with van der Waals surface area (Å²) in [7, 11) is 1.77. The minimum Gasteiger partial charge on any atom is -0.396 e. The van der Waals surface area contributed by atoms with E-state index >= 15 is 0 Å². The van der Waals surface area contributed by atoms with E-state index in [0.29, 0.717) is 12.5 Å². The number of rotatable bonds is 8. The Kier molecular flexibility index (Phi) is 11.0. The van der Waals surface area contributed by atoms with Crippen molar-refractivity contribution in [2.24, 2.45) is 4.99 Å². The fraction of sp³-hybridized carbons (Fsp3) is 0.381. The minimum absolute atomic E-state index is 0. The van der Waals surface area contributed by atoms with Gasteiger partial charge in [0.05, 0.1) is 6.61 Å². The molecule has 0 spiro atoms. The maximum Gasteiger partial charge on any atom is 0.190 e. The minimum atomic E-state index is 0. The lowest BCUT2D eigenvalue weighted by atomic mass is 9.98. The fourth-order valence-electron chi connectivity index (χ4n) is 2.81. The standard InChI is InChI=1S/C21H29N3O.HI/c1-17(18-9-5-3-6-10-18)13-14-23-21(22-2)24-15-20(16-25)19-11-7-4-8-12-19;/h3-12,17,20,25H,13-16H2,1-2H3,(H2,22,23,24);1H. The number of guanidine groups is 1. The Morgan fingerprint density at radius 2 is 1.54 bits per heavy atom. The molecule has 4 nitrogen and oxygen atoms in total. The van der Waals surface area contributed by atoms with Crippen molar-refractivity contribution < 1.29 is 5.11 Å². The van der Waals surface area contributed by atoms with Crippen LogP contribution in [0.5, 0.6) is 0 Å². The number of nitrogens with one attached hydrogen (secondary N) is 2. The van der Waals surface area contributed by atoms with Gasteiger partial charge in [-0.05, 0) is 23.5 Å². The molecular formula is C21H30IN3O. The zero-order valence-corrected chi connectivity index (χ0v) is 17.9. The molecule has 0 bridgehead atoms. The van der Waals surface area contributed by atoms with Gasteiger partial charge in [0.2, 0.25) is 0 Å².